The monoisotopic (exact) mass is 260 g/mol. The number of unbranched alkanes of at least 4 members (excludes halogenated alkanes) is 1. The van der Waals surface area contributed by atoms with Gasteiger partial charge in [-0.25, -0.2) is 0 Å². The fourth-order valence-corrected chi connectivity index (χ4v) is 2.17. The van der Waals surface area contributed by atoms with Gasteiger partial charge in [0.05, 0.1) is 6.42 Å². The van der Waals surface area contributed by atoms with Gasteiger partial charge in [0.1, 0.15) is 5.78 Å². The molecule has 0 bridgehead atoms. The van der Waals surface area contributed by atoms with Gasteiger partial charge in [0.2, 0.25) is 0 Å². The topological polar surface area (TPSA) is 34.1 Å². The van der Waals surface area contributed by atoms with Gasteiger partial charge >= 0.3 is 0 Å². The molecule has 2 nitrogen and oxygen atoms in total. The maximum atomic E-state index is 12.2. The third-order valence-electron chi connectivity index (χ3n) is 3.43. The second-order valence-corrected chi connectivity index (χ2v) is 4.94. The molecule has 1 rings (SSSR count). The molecule has 0 saturated carbocycles. The summed E-state index contributed by atoms with van der Waals surface area (Å²) in [4.78, 5) is 23.9. The van der Waals surface area contributed by atoms with Crippen LogP contribution in [0.3, 0.4) is 0 Å². The Labute approximate surface area is 116 Å². The number of Topliss-reactive ketones (excluding diaryl/α,β-unsaturated/α-hetero) is 2. The van der Waals surface area contributed by atoms with E-state index >= 15 is 0 Å². The standard InChI is InChI=1S/C17H24O2/c1-4-7-8-15(18)12-17(19)16-10-9-13(5-2)11-14(16)6-3/h9-11H,4-8,12H2,1-3H3. The molecule has 0 amide bonds. The van der Waals surface area contributed by atoms with Crippen molar-refractivity contribution in [3.05, 3.63) is 34.9 Å². The molecule has 0 radical (unpaired) electrons. The lowest BCUT2D eigenvalue weighted by molar-refractivity contribution is -0.118. The zero-order valence-corrected chi connectivity index (χ0v) is 12.3. The third-order valence-corrected chi connectivity index (χ3v) is 3.43. The van der Waals surface area contributed by atoms with Gasteiger partial charge in [-0.3, -0.25) is 9.59 Å². The van der Waals surface area contributed by atoms with Crippen molar-refractivity contribution in [3.63, 3.8) is 0 Å². The largest absolute Gasteiger partial charge is 0.299 e. The first kappa shape index (κ1) is 15.6. The van der Waals surface area contributed by atoms with Crippen molar-refractivity contribution in [2.45, 2.75) is 59.3 Å². The lowest BCUT2D eigenvalue weighted by Gasteiger charge is -2.08. The molecule has 104 valence electrons. The minimum atomic E-state index is -0.0272. The average molecular weight is 260 g/mol. The molecule has 0 spiro atoms. The molecule has 19 heavy (non-hydrogen) atoms. The van der Waals surface area contributed by atoms with Crippen LogP contribution in [0.5, 0.6) is 0 Å². The van der Waals surface area contributed by atoms with Crippen LogP contribution in [0.4, 0.5) is 0 Å². The van der Waals surface area contributed by atoms with Crippen LogP contribution in [0.2, 0.25) is 0 Å². The summed E-state index contributed by atoms with van der Waals surface area (Å²) in [5.41, 5.74) is 3.03. The number of rotatable bonds is 8. The first-order valence-electron chi connectivity index (χ1n) is 7.29. The molecule has 0 unspecified atom stereocenters. The Morgan fingerprint density at radius 3 is 2.37 bits per heavy atom. The molecule has 0 aliphatic carbocycles. The Morgan fingerprint density at radius 1 is 1.05 bits per heavy atom. The van der Waals surface area contributed by atoms with Gasteiger partial charge in [-0.1, -0.05) is 45.4 Å². The fourth-order valence-electron chi connectivity index (χ4n) is 2.17. The highest BCUT2D eigenvalue weighted by Gasteiger charge is 2.14. The zero-order valence-electron chi connectivity index (χ0n) is 12.3. The summed E-state index contributed by atoms with van der Waals surface area (Å²) >= 11 is 0. The van der Waals surface area contributed by atoms with Crippen molar-refractivity contribution in [2.75, 3.05) is 0 Å². The summed E-state index contributed by atoms with van der Waals surface area (Å²) < 4.78 is 0. The van der Waals surface area contributed by atoms with Crippen molar-refractivity contribution < 1.29 is 9.59 Å². The van der Waals surface area contributed by atoms with Crippen molar-refractivity contribution in [1.82, 2.24) is 0 Å². The van der Waals surface area contributed by atoms with Crippen molar-refractivity contribution in [2.24, 2.45) is 0 Å². The Hall–Kier alpha value is -1.44. The van der Waals surface area contributed by atoms with Crippen molar-refractivity contribution in [1.29, 1.82) is 0 Å². The highest BCUT2D eigenvalue weighted by molar-refractivity contribution is 6.08. The second-order valence-electron chi connectivity index (χ2n) is 4.94. The minimum absolute atomic E-state index is 0.0272. The normalized spacial score (nSPS) is 10.5. The number of benzene rings is 1. The molecule has 0 aliphatic heterocycles. The van der Waals surface area contributed by atoms with E-state index in [9.17, 15) is 9.59 Å². The highest BCUT2D eigenvalue weighted by atomic mass is 16.1. The number of aryl methyl sites for hydroxylation is 2. The van der Waals surface area contributed by atoms with E-state index in [1.165, 1.54) is 5.56 Å². The van der Waals surface area contributed by atoms with Gasteiger partial charge in [-0.15, -0.1) is 0 Å². The van der Waals surface area contributed by atoms with Crippen LogP contribution in [0.15, 0.2) is 18.2 Å². The summed E-state index contributed by atoms with van der Waals surface area (Å²) in [6.45, 7) is 6.20. The first-order chi connectivity index (χ1) is 9.12. The number of carbonyl (C=O) groups excluding carboxylic acids is 2. The number of carbonyl (C=O) groups is 2. The van der Waals surface area contributed by atoms with Gasteiger partial charge in [-0.2, -0.15) is 0 Å². The number of hydrogen-bond acceptors (Lipinski definition) is 2. The van der Waals surface area contributed by atoms with E-state index in [4.69, 9.17) is 0 Å². The quantitative estimate of drug-likeness (QED) is 0.520. The van der Waals surface area contributed by atoms with Crippen molar-refractivity contribution >= 4 is 11.6 Å². The van der Waals surface area contributed by atoms with Gasteiger partial charge in [0, 0.05) is 12.0 Å². The van der Waals surface area contributed by atoms with Gasteiger partial charge < -0.3 is 0 Å². The second kappa shape index (κ2) is 7.88. The number of ketones is 2. The predicted molar refractivity (Wildman–Crippen MR) is 78.7 cm³/mol. The van der Waals surface area contributed by atoms with Crippen LogP contribution in [0.1, 0.15) is 67.9 Å². The highest BCUT2D eigenvalue weighted by Crippen LogP contribution is 2.16. The van der Waals surface area contributed by atoms with Crippen molar-refractivity contribution in [3.8, 4) is 0 Å². The molecule has 2 heteroatoms. The molecule has 1 aromatic carbocycles. The summed E-state index contributed by atoms with van der Waals surface area (Å²) in [7, 11) is 0. The molecule has 0 fully saturated rings. The van der Waals surface area contributed by atoms with E-state index < -0.39 is 0 Å². The van der Waals surface area contributed by atoms with Crippen LogP contribution in [-0.4, -0.2) is 11.6 Å². The zero-order chi connectivity index (χ0) is 14.3. The Morgan fingerprint density at radius 2 is 1.79 bits per heavy atom. The Bertz CT molecular complexity index is 447. The van der Waals surface area contributed by atoms with Crippen LogP contribution < -0.4 is 0 Å². The number of hydrogen-bond donors (Lipinski definition) is 0. The lowest BCUT2D eigenvalue weighted by Crippen LogP contribution is -2.10. The SMILES string of the molecule is CCCCC(=O)CC(=O)c1ccc(CC)cc1CC. The van der Waals surface area contributed by atoms with E-state index in [1.807, 2.05) is 26.0 Å². The van der Waals surface area contributed by atoms with E-state index in [0.29, 0.717) is 6.42 Å². The third kappa shape index (κ3) is 4.62. The smallest absolute Gasteiger partial charge is 0.170 e. The van der Waals surface area contributed by atoms with Crippen LogP contribution in [-0.2, 0) is 17.6 Å². The minimum Gasteiger partial charge on any atom is -0.299 e. The summed E-state index contributed by atoms with van der Waals surface area (Å²) in [5.74, 6) is 0.0362. The summed E-state index contributed by atoms with van der Waals surface area (Å²) in [6.07, 6.45) is 4.25. The molecular formula is C17H24O2. The fraction of sp³-hybridized carbons (Fsp3) is 0.529. The summed E-state index contributed by atoms with van der Waals surface area (Å²) in [6, 6.07) is 5.96. The van der Waals surface area contributed by atoms with Crippen LogP contribution in [0.25, 0.3) is 0 Å². The van der Waals surface area contributed by atoms with Gasteiger partial charge in [0.25, 0.3) is 0 Å². The molecule has 0 saturated heterocycles. The van der Waals surface area contributed by atoms with E-state index in [0.717, 1.165) is 36.8 Å². The molecule has 0 N–H and O–H groups in total. The molecule has 0 heterocycles. The van der Waals surface area contributed by atoms with Gasteiger partial charge in [0.15, 0.2) is 5.78 Å². The van der Waals surface area contributed by atoms with E-state index in [1.54, 1.807) is 0 Å². The Balaban J connectivity index is 2.79. The average Bonchev–Trinajstić information content (AvgIpc) is 2.44. The summed E-state index contributed by atoms with van der Waals surface area (Å²) in [5, 5.41) is 0. The van der Waals surface area contributed by atoms with Crippen LogP contribution in [0, 0.1) is 0 Å². The molecule has 0 aliphatic rings. The molecule has 1 aromatic rings. The first-order valence-corrected chi connectivity index (χ1v) is 7.29. The molecule has 0 atom stereocenters. The van der Waals surface area contributed by atoms with E-state index in [-0.39, 0.29) is 18.0 Å². The molecular weight excluding hydrogens is 236 g/mol. The maximum absolute atomic E-state index is 12.2. The maximum Gasteiger partial charge on any atom is 0.170 e. The van der Waals surface area contributed by atoms with Gasteiger partial charge in [-0.05, 0) is 30.4 Å². The Kier molecular flexibility index (Phi) is 6.48. The van der Waals surface area contributed by atoms with E-state index in [2.05, 4.69) is 13.0 Å². The lowest BCUT2D eigenvalue weighted by atomic mass is 9.95. The van der Waals surface area contributed by atoms with Crippen LogP contribution >= 0.6 is 0 Å². The molecule has 0 aromatic heterocycles. The predicted octanol–water partition coefficient (Wildman–Crippen LogP) is 4.14.